The Kier molecular flexibility index (Phi) is 7.92. The number of carbonyl (C=O) groups excluding carboxylic acids is 1. The normalized spacial score (nSPS) is 11.6. The zero-order chi connectivity index (χ0) is 18.8. The van der Waals surface area contributed by atoms with E-state index in [1.165, 1.54) is 12.6 Å². The summed E-state index contributed by atoms with van der Waals surface area (Å²) in [5.74, 6) is 1.67. The van der Waals surface area contributed by atoms with E-state index in [9.17, 15) is 4.79 Å². The Morgan fingerprint density at radius 3 is 2.65 bits per heavy atom. The fourth-order valence-electron chi connectivity index (χ4n) is 2.85. The number of unbranched alkanes of at least 4 members (excludes halogenated alkanes) is 1. The van der Waals surface area contributed by atoms with Crippen molar-refractivity contribution in [3.05, 3.63) is 30.1 Å². The van der Waals surface area contributed by atoms with Crippen LogP contribution in [-0.4, -0.2) is 48.7 Å². The SMILES string of the molecule is CN=C(NCCCCC(=O)OC)NCCCn1c(C)nc2ccccc21. The van der Waals surface area contributed by atoms with Gasteiger partial charge in [0.1, 0.15) is 5.82 Å². The Balaban J connectivity index is 1.67. The van der Waals surface area contributed by atoms with Gasteiger partial charge in [0, 0.05) is 33.1 Å². The number of aromatic nitrogens is 2. The van der Waals surface area contributed by atoms with Crippen LogP contribution in [0.4, 0.5) is 0 Å². The highest BCUT2D eigenvalue weighted by atomic mass is 16.5. The molecule has 0 fully saturated rings. The van der Waals surface area contributed by atoms with Gasteiger partial charge in [0.2, 0.25) is 0 Å². The second kappa shape index (κ2) is 10.4. The minimum absolute atomic E-state index is 0.158. The number of methoxy groups -OCH3 is 1. The number of guanidine groups is 1. The minimum Gasteiger partial charge on any atom is -0.469 e. The van der Waals surface area contributed by atoms with Crippen molar-refractivity contribution in [2.24, 2.45) is 4.99 Å². The van der Waals surface area contributed by atoms with Crippen LogP contribution in [0.25, 0.3) is 11.0 Å². The molecule has 7 nitrogen and oxygen atoms in total. The van der Waals surface area contributed by atoms with Gasteiger partial charge < -0.3 is 19.9 Å². The van der Waals surface area contributed by atoms with Gasteiger partial charge in [0.05, 0.1) is 18.1 Å². The first kappa shape index (κ1) is 19.8. The van der Waals surface area contributed by atoms with Gasteiger partial charge in [-0.25, -0.2) is 4.98 Å². The first-order valence-corrected chi connectivity index (χ1v) is 9.09. The molecule has 0 aliphatic carbocycles. The third-order valence-electron chi connectivity index (χ3n) is 4.25. The molecule has 2 rings (SSSR count). The number of esters is 1. The summed E-state index contributed by atoms with van der Waals surface area (Å²) in [7, 11) is 3.18. The zero-order valence-electron chi connectivity index (χ0n) is 15.9. The number of nitrogens with zero attached hydrogens (tertiary/aromatic N) is 3. The van der Waals surface area contributed by atoms with E-state index >= 15 is 0 Å². The van der Waals surface area contributed by atoms with Gasteiger partial charge in [-0.3, -0.25) is 9.79 Å². The Labute approximate surface area is 154 Å². The average Bonchev–Trinajstić information content (AvgIpc) is 2.98. The van der Waals surface area contributed by atoms with Gasteiger partial charge in [-0.15, -0.1) is 0 Å². The molecule has 0 amide bonds. The van der Waals surface area contributed by atoms with E-state index in [1.54, 1.807) is 7.05 Å². The first-order chi connectivity index (χ1) is 12.7. The highest BCUT2D eigenvalue weighted by Gasteiger charge is 2.06. The summed E-state index contributed by atoms with van der Waals surface area (Å²) >= 11 is 0. The van der Waals surface area contributed by atoms with E-state index in [-0.39, 0.29) is 5.97 Å². The van der Waals surface area contributed by atoms with Gasteiger partial charge >= 0.3 is 5.97 Å². The number of aliphatic imine (C=N–C) groups is 1. The summed E-state index contributed by atoms with van der Waals surface area (Å²) < 4.78 is 6.88. The molecule has 0 bridgehead atoms. The molecule has 1 heterocycles. The maximum atomic E-state index is 11.1. The third kappa shape index (κ3) is 5.75. The van der Waals surface area contributed by atoms with Crippen LogP contribution in [-0.2, 0) is 16.1 Å². The van der Waals surface area contributed by atoms with Gasteiger partial charge in [0.15, 0.2) is 5.96 Å². The number of aryl methyl sites for hydroxylation is 2. The van der Waals surface area contributed by atoms with Gasteiger partial charge in [0.25, 0.3) is 0 Å². The number of nitrogens with one attached hydrogen (secondary N) is 2. The molecule has 2 aromatic rings. The molecular formula is C19H29N5O2. The van der Waals surface area contributed by atoms with Crippen LogP contribution in [0.1, 0.15) is 31.5 Å². The van der Waals surface area contributed by atoms with Crippen molar-refractivity contribution in [3.63, 3.8) is 0 Å². The van der Waals surface area contributed by atoms with E-state index in [1.807, 2.05) is 25.1 Å². The molecule has 0 unspecified atom stereocenters. The summed E-state index contributed by atoms with van der Waals surface area (Å²) in [6, 6.07) is 8.21. The number of para-hydroxylation sites is 2. The zero-order valence-corrected chi connectivity index (χ0v) is 15.9. The van der Waals surface area contributed by atoms with E-state index in [4.69, 9.17) is 0 Å². The van der Waals surface area contributed by atoms with Crippen molar-refractivity contribution < 1.29 is 9.53 Å². The smallest absolute Gasteiger partial charge is 0.305 e. The number of hydrogen-bond acceptors (Lipinski definition) is 4. The molecule has 0 radical (unpaired) electrons. The van der Waals surface area contributed by atoms with Crippen molar-refractivity contribution >= 4 is 23.0 Å². The molecule has 0 aliphatic heterocycles. The van der Waals surface area contributed by atoms with E-state index in [2.05, 4.69) is 36.0 Å². The van der Waals surface area contributed by atoms with Crippen LogP contribution in [0, 0.1) is 6.92 Å². The van der Waals surface area contributed by atoms with Crippen LogP contribution in [0.2, 0.25) is 0 Å². The van der Waals surface area contributed by atoms with Crippen LogP contribution in [0.15, 0.2) is 29.3 Å². The number of benzene rings is 1. The summed E-state index contributed by atoms with van der Waals surface area (Å²) in [5.41, 5.74) is 2.22. The van der Waals surface area contributed by atoms with E-state index < -0.39 is 0 Å². The Morgan fingerprint density at radius 1 is 1.19 bits per heavy atom. The lowest BCUT2D eigenvalue weighted by Crippen LogP contribution is -2.38. The maximum absolute atomic E-state index is 11.1. The number of fused-ring (bicyclic) bond motifs is 1. The van der Waals surface area contributed by atoms with Crippen molar-refractivity contribution in [2.45, 2.75) is 39.2 Å². The monoisotopic (exact) mass is 359 g/mol. The average molecular weight is 359 g/mol. The quantitative estimate of drug-likeness (QED) is 0.311. The van der Waals surface area contributed by atoms with Crippen LogP contribution in [0.5, 0.6) is 0 Å². The minimum atomic E-state index is -0.158. The maximum Gasteiger partial charge on any atom is 0.305 e. The van der Waals surface area contributed by atoms with Crippen LogP contribution >= 0.6 is 0 Å². The lowest BCUT2D eigenvalue weighted by atomic mass is 10.2. The molecule has 0 atom stereocenters. The number of hydrogen-bond donors (Lipinski definition) is 2. The number of imidazole rings is 1. The van der Waals surface area contributed by atoms with E-state index in [0.717, 1.165) is 56.2 Å². The van der Waals surface area contributed by atoms with Crippen molar-refractivity contribution in [1.29, 1.82) is 0 Å². The first-order valence-electron chi connectivity index (χ1n) is 9.09. The molecule has 142 valence electrons. The summed E-state index contributed by atoms with van der Waals surface area (Å²) in [5, 5.41) is 6.59. The number of ether oxygens (including phenoxy) is 1. The Bertz CT molecular complexity index is 739. The van der Waals surface area contributed by atoms with E-state index in [0.29, 0.717) is 6.42 Å². The highest BCUT2D eigenvalue weighted by Crippen LogP contribution is 2.15. The lowest BCUT2D eigenvalue weighted by Gasteiger charge is -2.12. The molecule has 0 saturated heterocycles. The molecule has 26 heavy (non-hydrogen) atoms. The second-order valence-electron chi connectivity index (χ2n) is 6.11. The largest absolute Gasteiger partial charge is 0.469 e. The number of carbonyl (C=O) groups is 1. The fourth-order valence-corrected chi connectivity index (χ4v) is 2.85. The van der Waals surface area contributed by atoms with Crippen molar-refractivity contribution in [3.8, 4) is 0 Å². The van der Waals surface area contributed by atoms with Crippen LogP contribution in [0.3, 0.4) is 0 Å². The van der Waals surface area contributed by atoms with Crippen LogP contribution < -0.4 is 10.6 Å². The molecular weight excluding hydrogens is 330 g/mol. The fraction of sp³-hybridized carbons (Fsp3) is 0.526. The molecule has 7 heteroatoms. The van der Waals surface area contributed by atoms with Gasteiger partial charge in [-0.05, 0) is 38.3 Å². The third-order valence-corrected chi connectivity index (χ3v) is 4.25. The Hall–Kier alpha value is -2.57. The summed E-state index contributed by atoms with van der Waals surface area (Å²) in [6.07, 6.45) is 3.15. The number of rotatable bonds is 9. The molecule has 0 spiro atoms. The topological polar surface area (TPSA) is 80.5 Å². The molecule has 0 saturated carbocycles. The van der Waals surface area contributed by atoms with Crippen molar-refractivity contribution in [2.75, 3.05) is 27.2 Å². The summed E-state index contributed by atoms with van der Waals surface area (Å²) in [4.78, 5) is 19.9. The highest BCUT2D eigenvalue weighted by molar-refractivity contribution is 5.79. The second-order valence-corrected chi connectivity index (χ2v) is 6.11. The molecule has 0 aliphatic rings. The van der Waals surface area contributed by atoms with Gasteiger partial charge in [-0.2, -0.15) is 0 Å². The molecule has 1 aromatic heterocycles. The van der Waals surface area contributed by atoms with Gasteiger partial charge in [-0.1, -0.05) is 12.1 Å². The van der Waals surface area contributed by atoms with Crippen molar-refractivity contribution in [1.82, 2.24) is 20.2 Å². The summed E-state index contributed by atoms with van der Waals surface area (Å²) in [6.45, 7) is 4.56. The predicted molar refractivity (Wildman–Crippen MR) is 104 cm³/mol. The predicted octanol–water partition coefficient (Wildman–Crippen LogP) is 2.24. The molecule has 2 N–H and O–H groups in total. The Morgan fingerprint density at radius 2 is 1.92 bits per heavy atom. The standard InChI is InChI=1S/C19H29N5O2/c1-15-23-16-9-4-5-10-17(16)24(15)14-8-13-22-19(20-2)21-12-7-6-11-18(25)26-3/h4-5,9-10H,6-8,11-14H2,1-3H3,(H2,20,21,22). The lowest BCUT2D eigenvalue weighted by molar-refractivity contribution is -0.140. The molecule has 1 aromatic carbocycles.